The van der Waals surface area contributed by atoms with Crippen LogP contribution in [0.15, 0.2) is 18.2 Å². The molecule has 4 N–H and O–H groups in total. The van der Waals surface area contributed by atoms with E-state index in [0.29, 0.717) is 13.2 Å². The first-order valence-corrected chi connectivity index (χ1v) is 6.67. The largest absolute Gasteiger partial charge is 0.381 e. The van der Waals surface area contributed by atoms with E-state index in [2.05, 4.69) is 10.7 Å². The predicted octanol–water partition coefficient (Wildman–Crippen LogP) is 1.04. The number of nitrogens with one attached hydrogen (secondary N) is 2. The fraction of sp³-hybridized carbons (Fsp3) is 0.462. The SMILES string of the molecule is CC(NC(=O)c1cccc(NN)c1[N+](=O)[O-])C1CCOC1. The lowest BCUT2D eigenvalue weighted by molar-refractivity contribution is -0.384. The fourth-order valence-electron chi connectivity index (χ4n) is 2.39. The van der Waals surface area contributed by atoms with E-state index in [1.54, 1.807) is 6.07 Å². The zero-order valence-corrected chi connectivity index (χ0v) is 11.7. The lowest BCUT2D eigenvalue weighted by atomic mass is 10.00. The molecule has 1 amide bonds. The molecular weight excluding hydrogens is 276 g/mol. The molecule has 1 saturated heterocycles. The molecule has 0 saturated carbocycles. The van der Waals surface area contributed by atoms with Gasteiger partial charge >= 0.3 is 5.69 Å². The second-order valence-corrected chi connectivity index (χ2v) is 4.99. The molecule has 0 radical (unpaired) electrons. The van der Waals surface area contributed by atoms with E-state index in [1.807, 2.05) is 6.92 Å². The number of carbonyl (C=O) groups is 1. The normalized spacial score (nSPS) is 19.0. The van der Waals surface area contributed by atoms with Gasteiger partial charge in [-0.25, -0.2) is 0 Å². The summed E-state index contributed by atoms with van der Waals surface area (Å²) in [5, 5.41) is 14.0. The van der Waals surface area contributed by atoms with Crippen molar-refractivity contribution in [1.29, 1.82) is 0 Å². The smallest absolute Gasteiger partial charge is 0.306 e. The zero-order chi connectivity index (χ0) is 15.4. The molecule has 0 spiro atoms. The topological polar surface area (TPSA) is 120 Å². The second-order valence-electron chi connectivity index (χ2n) is 4.99. The summed E-state index contributed by atoms with van der Waals surface area (Å²) in [6, 6.07) is 4.28. The molecule has 114 valence electrons. The number of nitro groups is 1. The minimum atomic E-state index is -0.618. The van der Waals surface area contributed by atoms with Crippen LogP contribution in [0.1, 0.15) is 23.7 Å². The van der Waals surface area contributed by atoms with Crippen LogP contribution in [-0.2, 0) is 4.74 Å². The van der Waals surface area contributed by atoms with Crippen molar-refractivity contribution in [2.75, 3.05) is 18.6 Å². The number of hydrazine groups is 1. The van der Waals surface area contributed by atoms with Gasteiger partial charge in [0.2, 0.25) is 0 Å². The van der Waals surface area contributed by atoms with Crippen molar-refractivity contribution in [3.8, 4) is 0 Å². The number of ether oxygens (including phenoxy) is 1. The Morgan fingerprint density at radius 2 is 2.33 bits per heavy atom. The van der Waals surface area contributed by atoms with Gasteiger partial charge in [0.25, 0.3) is 5.91 Å². The van der Waals surface area contributed by atoms with Crippen LogP contribution in [0.2, 0.25) is 0 Å². The summed E-state index contributed by atoms with van der Waals surface area (Å²) in [6.07, 6.45) is 0.869. The van der Waals surface area contributed by atoms with Gasteiger partial charge in [-0.3, -0.25) is 20.8 Å². The average molecular weight is 294 g/mol. The van der Waals surface area contributed by atoms with Crippen LogP contribution < -0.4 is 16.6 Å². The first-order chi connectivity index (χ1) is 10.0. The van der Waals surface area contributed by atoms with Crippen molar-refractivity contribution in [3.63, 3.8) is 0 Å². The number of nitrogens with two attached hydrogens (primary N) is 1. The van der Waals surface area contributed by atoms with E-state index in [1.165, 1.54) is 12.1 Å². The molecule has 8 heteroatoms. The molecule has 0 bridgehead atoms. The summed E-state index contributed by atoms with van der Waals surface area (Å²) in [5.41, 5.74) is 2.00. The lowest BCUT2D eigenvalue weighted by Crippen LogP contribution is -2.38. The summed E-state index contributed by atoms with van der Waals surface area (Å²) >= 11 is 0. The summed E-state index contributed by atoms with van der Waals surface area (Å²) < 4.78 is 5.28. The Kier molecular flexibility index (Phi) is 4.71. The molecule has 1 heterocycles. The molecule has 0 aliphatic carbocycles. The number of anilines is 1. The Labute approximate surface area is 121 Å². The molecule has 1 fully saturated rings. The van der Waals surface area contributed by atoms with Crippen molar-refractivity contribution in [1.82, 2.24) is 5.32 Å². The summed E-state index contributed by atoms with van der Waals surface area (Å²) in [6.45, 7) is 3.14. The van der Waals surface area contributed by atoms with Gasteiger partial charge in [-0.15, -0.1) is 0 Å². The van der Waals surface area contributed by atoms with E-state index < -0.39 is 10.8 Å². The standard InChI is InChI=1S/C13H18N4O4/c1-8(9-5-6-21-7-9)15-13(18)10-3-2-4-11(16-14)12(10)17(19)20/h2-4,8-9,16H,5-7,14H2,1H3,(H,15,18). The highest BCUT2D eigenvalue weighted by Gasteiger charge is 2.28. The number of benzene rings is 1. The number of amides is 1. The van der Waals surface area contributed by atoms with Gasteiger partial charge in [0.1, 0.15) is 11.3 Å². The Hall–Kier alpha value is -2.19. The molecule has 21 heavy (non-hydrogen) atoms. The number of nitrogen functional groups attached to an aromatic ring is 1. The molecule has 8 nitrogen and oxygen atoms in total. The quantitative estimate of drug-likeness (QED) is 0.424. The highest BCUT2D eigenvalue weighted by atomic mass is 16.6. The van der Waals surface area contributed by atoms with Crippen molar-refractivity contribution < 1.29 is 14.5 Å². The molecule has 2 rings (SSSR count). The maximum atomic E-state index is 12.3. The monoisotopic (exact) mass is 294 g/mol. The predicted molar refractivity (Wildman–Crippen MR) is 76.8 cm³/mol. The van der Waals surface area contributed by atoms with Gasteiger partial charge in [0.05, 0.1) is 11.5 Å². The Morgan fingerprint density at radius 3 is 2.90 bits per heavy atom. The van der Waals surface area contributed by atoms with E-state index >= 15 is 0 Å². The van der Waals surface area contributed by atoms with Crippen LogP contribution in [0.5, 0.6) is 0 Å². The van der Waals surface area contributed by atoms with Crippen LogP contribution in [0.4, 0.5) is 11.4 Å². The van der Waals surface area contributed by atoms with Gasteiger partial charge in [0.15, 0.2) is 0 Å². The summed E-state index contributed by atoms with van der Waals surface area (Å²) in [7, 11) is 0. The molecule has 2 atom stereocenters. The van der Waals surface area contributed by atoms with Gasteiger partial charge in [-0.2, -0.15) is 0 Å². The minimum absolute atomic E-state index is 0.0128. The van der Waals surface area contributed by atoms with Crippen molar-refractivity contribution in [2.24, 2.45) is 11.8 Å². The van der Waals surface area contributed by atoms with Crippen LogP contribution in [0, 0.1) is 16.0 Å². The molecule has 1 aliphatic heterocycles. The lowest BCUT2D eigenvalue weighted by Gasteiger charge is -2.19. The minimum Gasteiger partial charge on any atom is -0.381 e. The molecule has 1 aromatic rings. The maximum Gasteiger partial charge on any atom is 0.306 e. The number of nitro benzene ring substituents is 1. The number of rotatable bonds is 5. The van der Waals surface area contributed by atoms with Crippen molar-refractivity contribution in [3.05, 3.63) is 33.9 Å². The first-order valence-electron chi connectivity index (χ1n) is 6.67. The van der Waals surface area contributed by atoms with Crippen LogP contribution >= 0.6 is 0 Å². The highest BCUT2D eigenvalue weighted by Crippen LogP contribution is 2.28. The average Bonchev–Trinajstić information content (AvgIpc) is 3.00. The number of hydrogen-bond donors (Lipinski definition) is 3. The van der Waals surface area contributed by atoms with Gasteiger partial charge < -0.3 is 15.5 Å². The highest BCUT2D eigenvalue weighted by molar-refractivity contribution is 6.00. The molecule has 1 aliphatic rings. The molecular formula is C13H18N4O4. The van der Waals surface area contributed by atoms with Gasteiger partial charge in [-0.1, -0.05) is 6.07 Å². The van der Waals surface area contributed by atoms with E-state index in [9.17, 15) is 14.9 Å². The number of carbonyl (C=O) groups excluding carboxylic acids is 1. The second kappa shape index (κ2) is 6.51. The van der Waals surface area contributed by atoms with Crippen LogP contribution in [0.3, 0.4) is 0 Å². The Morgan fingerprint density at radius 1 is 1.57 bits per heavy atom. The maximum absolute atomic E-state index is 12.3. The van der Waals surface area contributed by atoms with Gasteiger partial charge in [-0.05, 0) is 25.5 Å². The van der Waals surface area contributed by atoms with E-state index in [-0.39, 0.29) is 28.9 Å². The first kappa shape index (κ1) is 15.2. The molecule has 1 aromatic carbocycles. The van der Waals surface area contributed by atoms with E-state index in [0.717, 1.165) is 6.42 Å². The summed E-state index contributed by atoms with van der Waals surface area (Å²) in [5.74, 6) is 4.99. The third-order valence-corrected chi connectivity index (χ3v) is 3.65. The molecule has 2 unspecified atom stereocenters. The van der Waals surface area contributed by atoms with Crippen LogP contribution in [-0.4, -0.2) is 30.1 Å². The van der Waals surface area contributed by atoms with E-state index in [4.69, 9.17) is 10.6 Å². The van der Waals surface area contributed by atoms with Crippen molar-refractivity contribution >= 4 is 17.3 Å². The number of hydrogen-bond acceptors (Lipinski definition) is 6. The number of nitrogens with zero attached hydrogens (tertiary/aromatic N) is 1. The number of para-hydroxylation sites is 1. The fourth-order valence-corrected chi connectivity index (χ4v) is 2.39. The Bertz CT molecular complexity index is 543. The Balaban J connectivity index is 2.20. The van der Waals surface area contributed by atoms with Crippen LogP contribution in [0.25, 0.3) is 0 Å². The third kappa shape index (κ3) is 3.29. The summed E-state index contributed by atoms with van der Waals surface area (Å²) in [4.78, 5) is 22.8. The zero-order valence-electron chi connectivity index (χ0n) is 11.7. The van der Waals surface area contributed by atoms with Crippen molar-refractivity contribution in [2.45, 2.75) is 19.4 Å². The third-order valence-electron chi connectivity index (χ3n) is 3.65. The van der Waals surface area contributed by atoms with Gasteiger partial charge in [0, 0.05) is 18.6 Å². The molecule has 0 aromatic heterocycles.